The summed E-state index contributed by atoms with van der Waals surface area (Å²) in [5.41, 5.74) is 5.81. The lowest BCUT2D eigenvalue weighted by Crippen LogP contribution is -1.93. The van der Waals surface area contributed by atoms with E-state index in [4.69, 9.17) is 5.73 Å². The molecule has 0 heterocycles. The zero-order valence-corrected chi connectivity index (χ0v) is 7.08. The Labute approximate surface area is 75.9 Å². The van der Waals surface area contributed by atoms with Crippen LogP contribution >= 0.6 is 0 Å². The zero-order chi connectivity index (χ0) is 9.68. The van der Waals surface area contributed by atoms with Crippen LogP contribution in [0, 0.1) is 0 Å². The molecule has 0 aliphatic heterocycles. The van der Waals surface area contributed by atoms with Crippen molar-refractivity contribution in [1.29, 1.82) is 0 Å². The summed E-state index contributed by atoms with van der Waals surface area (Å²) < 4.78 is 24.8. The molecule has 0 radical (unpaired) electrons. The lowest BCUT2D eigenvalue weighted by atomic mass is 10.1. The highest BCUT2D eigenvalue weighted by Gasteiger charge is 2.09. The number of alkyl halides is 2. The maximum Gasteiger partial charge on any atom is 0.264 e. The molecule has 0 saturated heterocycles. The molecule has 1 aromatic rings. The lowest BCUT2D eigenvalue weighted by Gasteiger charge is -2.03. The third-order valence-electron chi connectivity index (χ3n) is 1.66. The first kappa shape index (κ1) is 9.86. The molecule has 2 N–H and O–H groups in total. The minimum absolute atomic E-state index is 0.0483. The molecule has 0 bridgehead atoms. The van der Waals surface area contributed by atoms with Gasteiger partial charge in [0.1, 0.15) is 0 Å². The van der Waals surface area contributed by atoms with Crippen molar-refractivity contribution in [3.8, 4) is 0 Å². The van der Waals surface area contributed by atoms with Gasteiger partial charge in [-0.2, -0.15) is 0 Å². The Balaban J connectivity index is 2.97. The normalized spacial score (nSPS) is 11.4. The van der Waals surface area contributed by atoms with E-state index < -0.39 is 6.43 Å². The SMILES string of the molecule is NCC=Cc1ccccc1C(F)F. The number of nitrogens with two attached hydrogens (primary N) is 1. The lowest BCUT2D eigenvalue weighted by molar-refractivity contribution is 0.151. The van der Waals surface area contributed by atoms with E-state index in [0.29, 0.717) is 12.1 Å². The van der Waals surface area contributed by atoms with Crippen molar-refractivity contribution in [2.24, 2.45) is 5.73 Å². The molecule has 0 aliphatic carbocycles. The van der Waals surface area contributed by atoms with Gasteiger partial charge in [-0.15, -0.1) is 0 Å². The van der Waals surface area contributed by atoms with E-state index in [1.807, 2.05) is 0 Å². The molecule has 0 fully saturated rings. The van der Waals surface area contributed by atoms with E-state index in [0.717, 1.165) is 0 Å². The topological polar surface area (TPSA) is 26.0 Å². The van der Waals surface area contributed by atoms with Crippen LogP contribution in [-0.2, 0) is 0 Å². The average molecular weight is 183 g/mol. The summed E-state index contributed by atoms with van der Waals surface area (Å²) in [6.45, 7) is 0.359. The van der Waals surface area contributed by atoms with Gasteiger partial charge in [-0.25, -0.2) is 8.78 Å². The van der Waals surface area contributed by atoms with Crippen LogP contribution in [0.3, 0.4) is 0 Å². The van der Waals surface area contributed by atoms with Crippen molar-refractivity contribution in [2.45, 2.75) is 6.43 Å². The zero-order valence-electron chi connectivity index (χ0n) is 7.08. The summed E-state index contributed by atoms with van der Waals surface area (Å²) in [6.07, 6.45) is 0.835. The van der Waals surface area contributed by atoms with Crippen LogP contribution in [0.15, 0.2) is 30.3 Å². The fraction of sp³-hybridized carbons (Fsp3) is 0.200. The Bertz CT molecular complexity index is 295. The fourth-order valence-electron chi connectivity index (χ4n) is 1.06. The average Bonchev–Trinajstić information content (AvgIpc) is 2.15. The Kier molecular flexibility index (Phi) is 3.58. The predicted molar refractivity (Wildman–Crippen MR) is 49.5 cm³/mol. The first-order valence-corrected chi connectivity index (χ1v) is 3.99. The molecule has 1 nitrogen and oxygen atoms in total. The van der Waals surface area contributed by atoms with Gasteiger partial charge >= 0.3 is 0 Å². The van der Waals surface area contributed by atoms with Gasteiger partial charge < -0.3 is 5.73 Å². The largest absolute Gasteiger partial charge is 0.327 e. The van der Waals surface area contributed by atoms with Gasteiger partial charge in [-0.05, 0) is 5.56 Å². The van der Waals surface area contributed by atoms with Gasteiger partial charge in [0.15, 0.2) is 0 Å². The Morgan fingerprint density at radius 2 is 2.00 bits per heavy atom. The highest BCUT2D eigenvalue weighted by atomic mass is 19.3. The summed E-state index contributed by atoms with van der Waals surface area (Å²) in [7, 11) is 0. The van der Waals surface area contributed by atoms with E-state index in [1.165, 1.54) is 6.07 Å². The molecule has 0 aliphatic rings. The number of halogens is 2. The number of rotatable bonds is 3. The van der Waals surface area contributed by atoms with E-state index in [-0.39, 0.29) is 5.56 Å². The Morgan fingerprint density at radius 1 is 1.31 bits per heavy atom. The first-order chi connectivity index (χ1) is 6.25. The fourth-order valence-corrected chi connectivity index (χ4v) is 1.06. The molecule has 13 heavy (non-hydrogen) atoms. The van der Waals surface area contributed by atoms with Crippen LogP contribution in [0.2, 0.25) is 0 Å². The van der Waals surface area contributed by atoms with Crippen LogP contribution < -0.4 is 5.73 Å². The summed E-state index contributed by atoms with van der Waals surface area (Å²) in [5, 5.41) is 0. The minimum atomic E-state index is -2.43. The Morgan fingerprint density at radius 3 is 2.62 bits per heavy atom. The molecule has 70 valence electrons. The van der Waals surface area contributed by atoms with Crippen LogP contribution in [-0.4, -0.2) is 6.54 Å². The second-order valence-corrected chi connectivity index (χ2v) is 2.57. The quantitative estimate of drug-likeness (QED) is 0.765. The third-order valence-corrected chi connectivity index (χ3v) is 1.66. The van der Waals surface area contributed by atoms with Gasteiger partial charge in [0.25, 0.3) is 6.43 Å². The molecule has 0 atom stereocenters. The molecular weight excluding hydrogens is 172 g/mol. The van der Waals surface area contributed by atoms with Gasteiger partial charge in [-0.1, -0.05) is 36.4 Å². The number of benzene rings is 1. The molecule has 0 unspecified atom stereocenters. The highest BCUT2D eigenvalue weighted by molar-refractivity contribution is 5.54. The smallest absolute Gasteiger partial charge is 0.264 e. The van der Waals surface area contributed by atoms with Gasteiger partial charge in [-0.3, -0.25) is 0 Å². The summed E-state index contributed by atoms with van der Waals surface area (Å²) in [6, 6.07) is 6.39. The second kappa shape index (κ2) is 4.72. The summed E-state index contributed by atoms with van der Waals surface area (Å²) in [5.74, 6) is 0. The standard InChI is InChI=1S/C10H11F2N/c11-10(12)9-6-2-1-4-8(9)5-3-7-13/h1-6,10H,7,13H2. The number of hydrogen-bond donors (Lipinski definition) is 1. The van der Waals surface area contributed by atoms with Crippen molar-refractivity contribution in [3.63, 3.8) is 0 Å². The molecular formula is C10H11F2N. The van der Waals surface area contributed by atoms with Crippen molar-refractivity contribution in [3.05, 3.63) is 41.5 Å². The molecule has 0 saturated carbocycles. The van der Waals surface area contributed by atoms with Crippen LogP contribution in [0.5, 0.6) is 0 Å². The van der Waals surface area contributed by atoms with Crippen LogP contribution in [0.1, 0.15) is 17.6 Å². The van der Waals surface area contributed by atoms with Gasteiger partial charge in [0.2, 0.25) is 0 Å². The summed E-state index contributed by atoms with van der Waals surface area (Å²) >= 11 is 0. The Hall–Kier alpha value is -1.22. The highest BCUT2D eigenvalue weighted by Crippen LogP contribution is 2.23. The minimum Gasteiger partial charge on any atom is -0.327 e. The van der Waals surface area contributed by atoms with E-state index in [9.17, 15) is 8.78 Å². The maximum absolute atomic E-state index is 12.4. The molecule has 0 spiro atoms. The third kappa shape index (κ3) is 2.63. The van der Waals surface area contributed by atoms with Crippen molar-refractivity contribution >= 4 is 6.08 Å². The second-order valence-electron chi connectivity index (χ2n) is 2.57. The molecule has 0 amide bonds. The number of hydrogen-bond acceptors (Lipinski definition) is 1. The van der Waals surface area contributed by atoms with E-state index in [1.54, 1.807) is 30.4 Å². The van der Waals surface area contributed by atoms with Crippen LogP contribution in [0.25, 0.3) is 6.08 Å². The first-order valence-electron chi connectivity index (χ1n) is 3.99. The predicted octanol–water partition coefficient (Wildman–Crippen LogP) is 2.60. The maximum atomic E-state index is 12.4. The van der Waals surface area contributed by atoms with E-state index >= 15 is 0 Å². The molecule has 3 heteroatoms. The van der Waals surface area contributed by atoms with Crippen molar-refractivity contribution < 1.29 is 8.78 Å². The molecule has 0 aromatic heterocycles. The van der Waals surface area contributed by atoms with Crippen LogP contribution in [0.4, 0.5) is 8.78 Å². The summed E-state index contributed by atoms with van der Waals surface area (Å²) in [4.78, 5) is 0. The monoisotopic (exact) mass is 183 g/mol. The van der Waals surface area contributed by atoms with Gasteiger partial charge in [0.05, 0.1) is 0 Å². The van der Waals surface area contributed by atoms with Crippen molar-refractivity contribution in [1.82, 2.24) is 0 Å². The molecule has 1 rings (SSSR count). The van der Waals surface area contributed by atoms with Crippen molar-refractivity contribution in [2.75, 3.05) is 6.54 Å². The van der Waals surface area contributed by atoms with Gasteiger partial charge in [0, 0.05) is 12.1 Å². The van der Waals surface area contributed by atoms with E-state index in [2.05, 4.69) is 0 Å². The molecule has 1 aromatic carbocycles.